The van der Waals surface area contributed by atoms with Crippen molar-refractivity contribution in [2.24, 2.45) is 0 Å². The average molecular weight is 324 g/mol. The Morgan fingerprint density at radius 1 is 1.17 bits per heavy atom. The number of Topliss-reactive ketones (excluding diaryl/α,β-unsaturated/α-hetero) is 1. The zero-order valence-corrected chi connectivity index (χ0v) is 13.4. The van der Waals surface area contributed by atoms with E-state index in [9.17, 15) is 4.79 Å². The van der Waals surface area contributed by atoms with Crippen molar-refractivity contribution in [3.05, 3.63) is 60.0 Å². The van der Waals surface area contributed by atoms with Crippen molar-refractivity contribution in [1.29, 1.82) is 0 Å². The fourth-order valence-corrected chi connectivity index (χ4v) is 2.20. The molecule has 24 heavy (non-hydrogen) atoms. The molecule has 6 heteroatoms. The molecule has 0 amide bonds. The SMILES string of the molecule is COc1ccccc1-c1noc(COc2cccc(C(C)=O)c2)n1. The van der Waals surface area contributed by atoms with Crippen molar-refractivity contribution in [2.75, 3.05) is 7.11 Å². The average Bonchev–Trinajstić information content (AvgIpc) is 3.09. The molecule has 1 heterocycles. The van der Waals surface area contributed by atoms with Crippen LogP contribution < -0.4 is 9.47 Å². The molecular weight excluding hydrogens is 308 g/mol. The van der Waals surface area contributed by atoms with E-state index in [1.165, 1.54) is 6.92 Å². The Morgan fingerprint density at radius 2 is 2.00 bits per heavy atom. The Hall–Kier alpha value is -3.15. The summed E-state index contributed by atoms with van der Waals surface area (Å²) in [7, 11) is 1.59. The molecule has 0 radical (unpaired) electrons. The number of aromatic nitrogens is 2. The van der Waals surface area contributed by atoms with Gasteiger partial charge < -0.3 is 14.0 Å². The number of carbonyl (C=O) groups is 1. The van der Waals surface area contributed by atoms with Crippen LogP contribution in [0.5, 0.6) is 11.5 Å². The summed E-state index contributed by atoms with van der Waals surface area (Å²) in [5.74, 6) is 1.99. The zero-order valence-electron chi connectivity index (χ0n) is 13.4. The van der Waals surface area contributed by atoms with Crippen LogP contribution >= 0.6 is 0 Å². The van der Waals surface area contributed by atoms with E-state index in [4.69, 9.17) is 14.0 Å². The maximum atomic E-state index is 11.4. The minimum atomic E-state index is -0.0169. The van der Waals surface area contributed by atoms with E-state index in [2.05, 4.69) is 10.1 Å². The zero-order chi connectivity index (χ0) is 16.9. The van der Waals surface area contributed by atoms with Gasteiger partial charge in [-0.25, -0.2) is 0 Å². The second-order valence-corrected chi connectivity index (χ2v) is 5.08. The summed E-state index contributed by atoms with van der Waals surface area (Å²) in [5.41, 5.74) is 1.33. The van der Waals surface area contributed by atoms with Crippen molar-refractivity contribution in [3.8, 4) is 22.9 Å². The number of rotatable bonds is 6. The van der Waals surface area contributed by atoms with E-state index in [1.54, 1.807) is 31.4 Å². The summed E-state index contributed by atoms with van der Waals surface area (Å²) in [4.78, 5) is 15.7. The molecule has 0 N–H and O–H groups in total. The molecular formula is C18H16N2O4. The minimum absolute atomic E-state index is 0.0169. The highest BCUT2D eigenvalue weighted by molar-refractivity contribution is 5.94. The highest BCUT2D eigenvalue weighted by atomic mass is 16.5. The molecule has 0 saturated carbocycles. The number of para-hydroxylation sites is 1. The van der Waals surface area contributed by atoms with Gasteiger partial charge in [0.05, 0.1) is 12.7 Å². The Balaban J connectivity index is 1.73. The smallest absolute Gasteiger partial charge is 0.264 e. The maximum absolute atomic E-state index is 11.4. The molecule has 3 aromatic rings. The van der Waals surface area contributed by atoms with Crippen LogP contribution in [0, 0.1) is 0 Å². The van der Waals surface area contributed by atoms with Gasteiger partial charge in [-0.05, 0) is 31.2 Å². The van der Waals surface area contributed by atoms with Crippen molar-refractivity contribution in [1.82, 2.24) is 10.1 Å². The molecule has 3 rings (SSSR count). The monoisotopic (exact) mass is 324 g/mol. The molecule has 1 aromatic heterocycles. The Morgan fingerprint density at radius 3 is 2.79 bits per heavy atom. The summed E-state index contributed by atoms with van der Waals surface area (Å²) in [5, 5.41) is 3.95. The third-order valence-corrected chi connectivity index (χ3v) is 3.42. The van der Waals surface area contributed by atoms with Gasteiger partial charge in [0, 0.05) is 5.56 Å². The Labute approximate surface area is 139 Å². The molecule has 0 bridgehead atoms. The molecule has 0 aliphatic carbocycles. The predicted octanol–water partition coefficient (Wildman–Crippen LogP) is 3.53. The highest BCUT2D eigenvalue weighted by Gasteiger charge is 2.13. The molecule has 0 saturated heterocycles. The van der Waals surface area contributed by atoms with E-state index in [1.807, 2.05) is 24.3 Å². The number of ketones is 1. The van der Waals surface area contributed by atoms with Crippen LogP contribution in [0.3, 0.4) is 0 Å². The lowest BCUT2D eigenvalue weighted by atomic mass is 10.1. The van der Waals surface area contributed by atoms with Gasteiger partial charge in [-0.15, -0.1) is 0 Å². The standard InChI is InChI=1S/C18H16N2O4/c1-12(21)13-6-5-7-14(10-13)23-11-17-19-18(20-24-17)15-8-3-4-9-16(15)22-2/h3-10H,11H2,1-2H3. The van der Waals surface area contributed by atoms with E-state index in [0.717, 1.165) is 5.56 Å². The van der Waals surface area contributed by atoms with Crippen molar-refractivity contribution in [3.63, 3.8) is 0 Å². The molecule has 122 valence electrons. The second kappa shape index (κ2) is 6.95. The van der Waals surface area contributed by atoms with Crippen LogP contribution in [-0.4, -0.2) is 23.0 Å². The first-order valence-corrected chi connectivity index (χ1v) is 7.37. The van der Waals surface area contributed by atoms with E-state index < -0.39 is 0 Å². The van der Waals surface area contributed by atoms with Crippen LogP contribution in [0.4, 0.5) is 0 Å². The number of nitrogens with zero attached hydrogens (tertiary/aromatic N) is 2. The van der Waals surface area contributed by atoms with Gasteiger partial charge in [0.1, 0.15) is 11.5 Å². The maximum Gasteiger partial charge on any atom is 0.264 e. The van der Waals surface area contributed by atoms with Gasteiger partial charge in [-0.3, -0.25) is 4.79 Å². The quantitative estimate of drug-likeness (QED) is 0.646. The lowest BCUT2D eigenvalue weighted by Gasteiger charge is -2.04. The summed E-state index contributed by atoms with van der Waals surface area (Å²) in [6.45, 7) is 1.63. The summed E-state index contributed by atoms with van der Waals surface area (Å²) >= 11 is 0. The number of hydrogen-bond donors (Lipinski definition) is 0. The molecule has 6 nitrogen and oxygen atoms in total. The van der Waals surface area contributed by atoms with Gasteiger partial charge in [-0.2, -0.15) is 4.98 Å². The molecule has 0 aliphatic rings. The first-order chi connectivity index (χ1) is 11.7. The van der Waals surface area contributed by atoms with Gasteiger partial charge in [0.15, 0.2) is 12.4 Å². The van der Waals surface area contributed by atoms with Crippen LogP contribution in [0.2, 0.25) is 0 Å². The second-order valence-electron chi connectivity index (χ2n) is 5.08. The Bertz CT molecular complexity index is 857. The summed E-state index contributed by atoms with van der Waals surface area (Å²) in [6.07, 6.45) is 0. The van der Waals surface area contributed by atoms with Gasteiger partial charge in [0.2, 0.25) is 5.82 Å². The van der Waals surface area contributed by atoms with Crippen LogP contribution in [-0.2, 0) is 6.61 Å². The van der Waals surface area contributed by atoms with Gasteiger partial charge >= 0.3 is 0 Å². The highest BCUT2D eigenvalue weighted by Crippen LogP contribution is 2.27. The summed E-state index contributed by atoms with van der Waals surface area (Å²) < 4.78 is 16.1. The predicted molar refractivity (Wildman–Crippen MR) is 87.1 cm³/mol. The van der Waals surface area contributed by atoms with Gasteiger partial charge in [0.25, 0.3) is 5.89 Å². The normalized spacial score (nSPS) is 10.4. The first-order valence-electron chi connectivity index (χ1n) is 7.37. The van der Waals surface area contributed by atoms with E-state index in [0.29, 0.717) is 28.8 Å². The first kappa shape index (κ1) is 15.7. The molecule has 0 aliphatic heterocycles. The third-order valence-electron chi connectivity index (χ3n) is 3.42. The minimum Gasteiger partial charge on any atom is -0.496 e. The largest absolute Gasteiger partial charge is 0.496 e. The van der Waals surface area contributed by atoms with Crippen molar-refractivity contribution < 1.29 is 18.8 Å². The fraction of sp³-hybridized carbons (Fsp3) is 0.167. The van der Waals surface area contributed by atoms with Gasteiger partial charge in [-0.1, -0.05) is 29.4 Å². The number of hydrogen-bond acceptors (Lipinski definition) is 6. The third kappa shape index (κ3) is 3.43. The van der Waals surface area contributed by atoms with Crippen LogP contribution in [0.15, 0.2) is 53.1 Å². The fourth-order valence-electron chi connectivity index (χ4n) is 2.20. The molecule has 0 fully saturated rings. The van der Waals surface area contributed by atoms with Crippen LogP contribution in [0.1, 0.15) is 23.2 Å². The molecule has 0 spiro atoms. The van der Waals surface area contributed by atoms with Crippen LogP contribution in [0.25, 0.3) is 11.4 Å². The lowest BCUT2D eigenvalue weighted by molar-refractivity contribution is 0.101. The number of benzene rings is 2. The topological polar surface area (TPSA) is 74.5 Å². The number of carbonyl (C=O) groups excluding carboxylic acids is 1. The lowest BCUT2D eigenvalue weighted by Crippen LogP contribution is -1.98. The molecule has 0 unspecified atom stereocenters. The van der Waals surface area contributed by atoms with Crippen molar-refractivity contribution >= 4 is 5.78 Å². The van der Waals surface area contributed by atoms with E-state index in [-0.39, 0.29) is 12.4 Å². The summed E-state index contributed by atoms with van der Waals surface area (Å²) in [6, 6.07) is 14.4. The molecule has 0 atom stereocenters. The van der Waals surface area contributed by atoms with Crippen molar-refractivity contribution in [2.45, 2.75) is 13.5 Å². The van der Waals surface area contributed by atoms with E-state index >= 15 is 0 Å². The number of ether oxygens (including phenoxy) is 2. The molecule has 2 aromatic carbocycles. The number of methoxy groups -OCH3 is 1. The Kier molecular flexibility index (Phi) is 4.56.